The van der Waals surface area contributed by atoms with Crippen LogP contribution in [0.2, 0.25) is 0 Å². The summed E-state index contributed by atoms with van der Waals surface area (Å²) in [5.74, 6) is 1.05. The first-order valence-electron chi connectivity index (χ1n) is 11.9. The lowest BCUT2D eigenvalue weighted by Crippen LogP contribution is -2.46. The van der Waals surface area contributed by atoms with Crippen molar-refractivity contribution < 1.29 is 9.52 Å². The first-order valence-corrected chi connectivity index (χ1v) is 11.9. The molecule has 2 aliphatic heterocycles. The van der Waals surface area contributed by atoms with Crippen LogP contribution < -0.4 is 15.4 Å². The smallest absolute Gasteiger partial charge is 0.343 e. The number of nitrogens with zero attached hydrogens (tertiary/aromatic N) is 5. The summed E-state index contributed by atoms with van der Waals surface area (Å²) >= 11 is 0. The molecule has 8 heteroatoms. The van der Waals surface area contributed by atoms with Crippen LogP contribution in [-0.2, 0) is 13.1 Å². The summed E-state index contributed by atoms with van der Waals surface area (Å²) in [5, 5.41) is 10.9. The van der Waals surface area contributed by atoms with Crippen LogP contribution in [0.5, 0.6) is 5.75 Å². The van der Waals surface area contributed by atoms with Crippen molar-refractivity contribution in [2.24, 2.45) is 0 Å². The van der Waals surface area contributed by atoms with Gasteiger partial charge in [-0.2, -0.15) is 0 Å². The average Bonchev–Trinajstić information content (AvgIpc) is 2.90. The van der Waals surface area contributed by atoms with Crippen molar-refractivity contribution in [3.63, 3.8) is 0 Å². The highest BCUT2D eigenvalue weighted by Crippen LogP contribution is 2.24. The largest absolute Gasteiger partial charge is 0.507 e. The summed E-state index contributed by atoms with van der Waals surface area (Å²) in [6.45, 7) is 7.82. The van der Waals surface area contributed by atoms with Crippen LogP contribution in [-0.4, -0.2) is 72.2 Å². The normalized spacial score (nSPS) is 17.8. The number of anilines is 2. The molecule has 4 heterocycles. The van der Waals surface area contributed by atoms with E-state index in [-0.39, 0.29) is 5.75 Å². The number of hydrogen-bond donors (Lipinski definition) is 1. The van der Waals surface area contributed by atoms with Gasteiger partial charge in [0.1, 0.15) is 17.8 Å². The average molecular weight is 462 g/mol. The van der Waals surface area contributed by atoms with E-state index in [1.54, 1.807) is 6.20 Å². The van der Waals surface area contributed by atoms with E-state index in [9.17, 15) is 9.90 Å². The third-order valence-electron chi connectivity index (χ3n) is 6.76. The van der Waals surface area contributed by atoms with Crippen LogP contribution >= 0.6 is 0 Å². The van der Waals surface area contributed by atoms with E-state index in [0.29, 0.717) is 24.2 Å². The molecule has 2 aliphatic rings. The molecule has 0 amide bonds. The van der Waals surface area contributed by atoms with Gasteiger partial charge in [0.05, 0.1) is 5.56 Å². The van der Waals surface area contributed by atoms with Gasteiger partial charge in [-0.1, -0.05) is 24.3 Å². The molecule has 0 radical (unpaired) electrons. The van der Waals surface area contributed by atoms with Crippen molar-refractivity contribution in [3.8, 4) is 5.75 Å². The highest BCUT2D eigenvalue weighted by Gasteiger charge is 2.24. The van der Waals surface area contributed by atoms with Gasteiger partial charge >= 0.3 is 5.63 Å². The van der Waals surface area contributed by atoms with Crippen molar-refractivity contribution in [3.05, 3.63) is 82.5 Å². The van der Waals surface area contributed by atoms with Crippen LogP contribution in [0.1, 0.15) is 11.1 Å². The molecular weight excluding hydrogens is 430 g/mol. The second kappa shape index (κ2) is 10.3. The van der Waals surface area contributed by atoms with E-state index < -0.39 is 5.63 Å². The fourth-order valence-electron chi connectivity index (χ4n) is 4.74. The maximum atomic E-state index is 12.4. The molecule has 1 N–H and O–H groups in total. The van der Waals surface area contributed by atoms with E-state index in [1.165, 1.54) is 12.0 Å². The maximum Gasteiger partial charge on any atom is 0.343 e. The van der Waals surface area contributed by atoms with Crippen LogP contribution in [0.25, 0.3) is 0 Å². The topological polar surface area (TPSA) is 76.3 Å². The Morgan fingerprint density at radius 3 is 2.12 bits per heavy atom. The summed E-state index contributed by atoms with van der Waals surface area (Å²) in [6.07, 6.45) is 3.22. The zero-order chi connectivity index (χ0) is 23.3. The lowest BCUT2D eigenvalue weighted by molar-refractivity contribution is 0.233. The second-order valence-electron chi connectivity index (χ2n) is 8.93. The van der Waals surface area contributed by atoms with Gasteiger partial charge in [0.15, 0.2) is 0 Å². The number of hydrogen-bond acceptors (Lipinski definition) is 8. The zero-order valence-corrected chi connectivity index (χ0v) is 19.3. The predicted molar refractivity (Wildman–Crippen MR) is 132 cm³/mol. The molecule has 0 saturated carbocycles. The molecule has 2 saturated heterocycles. The molecule has 3 aromatic rings. The van der Waals surface area contributed by atoms with E-state index in [1.807, 2.05) is 24.3 Å². The molecule has 0 aliphatic carbocycles. The van der Waals surface area contributed by atoms with Crippen molar-refractivity contribution in [2.75, 3.05) is 62.2 Å². The molecule has 0 atom stereocenters. The van der Waals surface area contributed by atoms with Gasteiger partial charge in [-0.3, -0.25) is 9.80 Å². The third kappa shape index (κ3) is 5.08. The Labute approximate surface area is 199 Å². The Kier molecular flexibility index (Phi) is 6.78. The van der Waals surface area contributed by atoms with Gasteiger partial charge in [-0.15, -0.1) is 0 Å². The molecule has 0 unspecified atom stereocenters. The maximum absolute atomic E-state index is 12.4. The van der Waals surface area contributed by atoms with Gasteiger partial charge in [0.2, 0.25) is 0 Å². The summed E-state index contributed by atoms with van der Waals surface area (Å²) in [6, 6.07) is 16.3. The number of benzene rings is 1. The number of aromatic nitrogens is 1. The van der Waals surface area contributed by atoms with Gasteiger partial charge < -0.3 is 19.3 Å². The van der Waals surface area contributed by atoms with Crippen molar-refractivity contribution >= 4 is 11.5 Å². The van der Waals surface area contributed by atoms with E-state index in [2.05, 4.69) is 48.8 Å². The highest BCUT2D eigenvalue weighted by atomic mass is 16.4. The lowest BCUT2D eigenvalue weighted by Gasteiger charge is -2.36. The van der Waals surface area contributed by atoms with E-state index >= 15 is 0 Å². The Hall–Kier alpha value is -3.36. The van der Waals surface area contributed by atoms with Crippen molar-refractivity contribution in [1.29, 1.82) is 0 Å². The fraction of sp³-hybridized carbons (Fsp3) is 0.385. The molecule has 1 aromatic carbocycles. The van der Waals surface area contributed by atoms with Gasteiger partial charge in [0, 0.05) is 82.9 Å². The molecule has 5 rings (SSSR count). The standard InChI is InChI=1S/C26H31N5O3/c32-25-21(18-28-10-14-30(15-11-28)22-6-2-1-3-7-22)20-34-26(33)23(25)19-29-12-16-31(17-13-29)24-8-4-5-9-27-24/h1-9,20,32H,10-19H2. The van der Waals surface area contributed by atoms with Gasteiger partial charge in [-0.25, -0.2) is 9.78 Å². The Bertz CT molecular complexity index is 1120. The van der Waals surface area contributed by atoms with Crippen LogP contribution in [0.3, 0.4) is 0 Å². The molecule has 0 spiro atoms. The SMILES string of the molecule is O=c1occ(CN2CCN(c3ccccc3)CC2)c(O)c1CN1CCN(c2ccccn2)CC1. The van der Waals surface area contributed by atoms with Crippen molar-refractivity contribution in [2.45, 2.75) is 13.1 Å². The number of rotatable bonds is 6. The van der Waals surface area contributed by atoms with Crippen molar-refractivity contribution in [1.82, 2.24) is 14.8 Å². The summed E-state index contributed by atoms with van der Waals surface area (Å²) in [5.41, 5.74) is 1.81. The Balaban J connectivity index is 1.19. The van der Waals surface area contributed by atoms with Gasteiger partial charge in [-0.05, 0) is 24.3 Å². The van der Waals surface area contributed by atoms with Crippen LogP contribution in [0, 0.1) is 0 Å². The first kappa shape index (κ1) is 22.4. The lowest BCUT2D eigenvalue weighted by atomic mass is 10.1. The molecule has 0 bridgehead atoms. The monoisotopic (exact) mass is 461 g/mol. The molecular formula is C26H31N5O3. The fourth-order valence-corrected chi connectivity index (χ4v) is 4.74. The summed E-state index contributed by atoms with van der Waals surface area (Å²) in [7, 11) is 0. The first-order chi connectivity index (χ1) is 16.7. The van der Waals surface area contributed by atoms with Crippen LogP contribution in [0.4, 0.5) is 11.5 Å². The predicted octanol–water partition coefficient (Wildman–Crippen LogP) is 2.38. The second-order valence-corrected chi connectivity index (χ2v) is 8.93. The summed E-state index contributed by atoms with van der Waals surface area (Å²) < 4.78 is 5.33. The third-order valence-corrected chi connectivity index (χ3v) is 6.76. The summed E-state index contributed by atoms with van der Waals surface area (Å²) in [4.78, 5) is 26.0. The minimum absolute atomic E-state index is 0.0777. The minimum Gasteiger partial charge on any atom is -0.507 e. The Morgan fingerprint density at radius 1 is 0.794 bits per heavy atom. The van der Waals surface area contributed by atoms with Gasteiger partial charge in [0.25, 0.3) is 0 Å². The van der Waals surface area contributed by atoms with E-state index in [0.717, 1.165) is 58.2 Å². The zero-order valence-electron chi connectivity index (χ0n) is 19.3. The van der Waals surface area contributed by atoms with Crippen LogP contribution in [0.15, 0.2) is 70.2 Å². The molecule has 2 aromatic heterocycles. The van der Waals surface area contributed by atoms with E-state index in [4.69, 9.17) is 4.42 Å². The molecule has 34 heavy (non-hydrogen) atoms. The molecule has 178 valence electrons. The number of para-hydroxylation sites is 1. The highest BCUT2D eigenvalue weighted by molar-refractivity contribution is 5.46. The molecule has 8 nitrogen and oxygen atoms in total. The number of aromatic hydroxyl groups is 1. The number of pyridine rings is 1. The Morgan fingerprint density at radius 2 is 1.44 bits per heavy atom. The molecule has 2 fully saturated rings. The number of piperazine rings is 2. The quantitative estimate of drug-likeness (QED) is 0.600. The minimum atomic E-state index is -0.456.